The number of nitrogens with one attached hydrogen (secondary N) is 4. The van der Waals surface area contributed by atoms with Gasteiger partial charge in [0.05, 0.1) is 24.5 Å². The van der Waals surface area contributed by atoms with Crippen LogP contribution in [-0.2, 0) is 9.53 Å². The summed E-state index contributed by atoms with van der Waals surface area (Å²) in [5, 5.41) is 8.12. The number of hydrogen-bond donors (Lipinski definition) is 4. The molecule has 0 spiro atoms. The van der Waals surface area contributed by atoms with Crippen molar-refractivity contribution < 1.29 is 27.9 Å². The number of anilines is 2. The summed E-state index contributed by atoms with van der Waals surface area (Å²) in [7, 11) is 1.24. The number of methoxy groups -OCH3 is 1. The molecule has 0 radical (unpaired) electrons. The molecule has 198 valence electrons. The lowest BCUT2D eigenvalue weighted by Gasteiger charge is -2.16. The molecule has 11 heteroatoms. The number of aryl methyl sites for hydroxylation is 2. The number of carbonyl (C=O) groups is 3. The van der Waals surface area contributed by atoms with Gasteiger partial charge in [-0.3, -0.25) is 14.9 Å². The third-order valence-corrected chi connectivity index (χ3v) is 6.01. The van der Waals surface area contributed by atoms with E-state index >= 15 is 0 Å². The Morgan fingerprint density at radius 1 is 1.11 bits per heavy atom. The smallest absolute Gasteiger partial charge is 0.411 e. The summed E-state index contributed by atoms with van der Waals surface area (Å²) in [6.07, 6.45) is 3.78. The molecule has 2 aromatic carbocycles. The average Bonchev–Trinajstić information content (AvgIpc) is 3.23. The minimum atomic E-state index is -0.952. The van der Waals surface area contributed by atoms with Crippen molar-refractivity contribution in [1.29, 1.82) is 0 Å². The van der Waals surface area contributed by atoms with Gasteiger partial charge in [0.1, 0.15) is 23.0 Å². The predicted octanol–water partition coefficient (Wildman–Crippen LogP) is 5.30. The second kappa shape index (κ2) is 11.2. The Labute approximate surface area is 217 Å². The Kier molecular flexibility index (Phi) is 7.85. The zero-order valence-electron chi connectivity index (χ0n) is 21.1. The van der Waals surface area contributed by atoms with E-state index < -0.39 is 35.2 Å². The Morgan fingerprint density at radius 2 is 1.84 bits per heavy atom. The maximum absolute atomic E-state index is 14.5. The molecule has 9 nitrogen and oxygen atoms in total. The van der Waals surface area contributed by atoms with E-state index in [1.54, 1.807) is 37.3 Å². The van der Waals surface area contributed by atoms with Crippen LogP contribution in [-0.4, -0.2) is 35.0 Å². The number of ether oxygens (including phenoxy) is 1. The lowest BCUT2D eigenvalue weighted by molar-refractivity contribution is -0.116. The molecule has 1 aliphatic heterocycles. The number of amides is 3. The summed E-state index contributed by atoms with van der Waals surface area (Å²) in [5.41, 5.74) is 2.21. The molecule has 4 rings (SSSR count). The predicted molar refractivity (Wildman–Crippen MR) is 138 cm³/mol. The van der Waals surface area contributed by atoms with Gasteiger partial charge in [-0.05, 0) is 62.6 Å². The van der Waals surface area contributed by atoms with Crippen LogP contribution in [0.1, 0.15) is 52.7 Å². The lowest BCUT2D eigenvalue weighted by Crippen LogP contribution is -2.30. The molecule has 1 aliphatic rings. The van der Waals surface area contributed by atoms with Crippen LogP contribution >= 0.6 is 0 Å². The van der Waals surface area contributed by atoms with Crippen LogP contribution in [0.5, 0.6) is 0 Å². The number of benzene rings is 2. The molecule has 3 aromatic rings. The van der Waals surface area contributed by atoms with Gasteiger partial charge in [-0.15, -0.1) is 0 Å². The molecule has 2 heterocycles. The van der Waals surface area contributed by atoms with Crippen LogP contribution in [0.2, 0.25) is 0 Å². The molecule has 0 fully saturated rings. The first-order valence-corrected chi connectivity index (χ1v) is 11.9. The largest absolute Gasteiger partial charge is 0.453 e. The number of aromatic nitrogens is 2. The fraction of sp³-hybridized carbons (Fsp3) is 0.259. The Bertz CT molecular complexity index is 1410. The van der Waals surface area contributed by atoms with Crippen LogP contribution in [0.3, 0.4) is 0 Å². The van der Waals surface area contributed by atoms with Gasteiger partial charge in [-0.1, -0.05) is 12.2 Å². The van der Waals surface area contributed by atoms with Crippen molar-refractivity contribution in [1.82, 2.24) is 15.3 Å². The van der Waals surface area contributed by atoms with Crippen LogP contribution in [0.25, 0.3) is 11.3 Å². The first kappa shape index (κ1) is 26.5. The number of rotatable bonds is 3. The molecule has 1 aromatic heterocycles. The highest BCUT2D eigenvalue weighted by Crippen LogP contribution is 2.33. The molecule has 0 unspecified atom stereocenters. The topological polar surface area (TPSA) is 125 Å². The van der Waals surface area contributed by atoms with Crippen molar-refractivity contribution >= 4 is 29.3 Å². The molecule has 2 bridgehead atoms. The molecular formula is C27H27F2N5O4. The highest BCUT2D eigenvalue weighted by atomic mass is 19.1. The van der Waals surface area contributed by atoms with Crippen LogP contribution < -0.4 is 16.0 Å². The van der Waals surface area contributed by atoms with E-state index in [-0.39, 0.29) is 18.7 Å². The van der Waals surface area contributed by atoms with E-state index in [4.69, 9.17) is 0 Å². The van der Waals surface area contributed by atoms with Crippen LogP contribution in [0.4, 0.5) is 25.0 Å². The number of aromatic amines is 1. The number of hydrogen-bond acceptors (Lipinski definition) is 5. The van der Waals surface area contributed by atoms with Crippen molar-refractivity contribution in [2.45, 2.75) is 39.2 Å². The van der Waals surface area contributed by atoms with E-state index in [1.807, 2.05) is 0 Å². The fourth-order valence-electron chi connectivity index (χ4n) is 4.18. The summed E-state index contributed by atoms with van der Waals surface area (Å²) in [4.78, 5) is 45.1. The zero-order valence-corrected chi connectivity index (χ0v) is 21.1. The minimum Gasteiger partial charge on any atom is -0.453 e. The molecule has 0 aliphatic carbocycles. The maximum atomic E-state index is 14.5. The monoisotopic (exact) mass is 523 g/mol. The van der Waals surface area contributed by atoms with Crippen molar-refractivity contribution in [3.63, 3.8) is 0 Å². The van der Waals surface area contributed by atoms with Crippen LogP contribution in [0, 0.1) is 25.5 Å². The standard InChI is InChI=1S/C27H27F2N5O4/c1-14-11-18(28)23(19(29)12-14)26(36)33-20-7-5-4-6-8-22(35)32-21-13-16(31-27(37)38-3)9-10-17(21)24-15(2)30-25(20)34-24/h4-5,9-13,20H,6-8H2,1-3H3,(H,30,34)(H,31,37)(H,32,35)(H,33,36)/b5-4+/t20-/m0/s1. The van der Waals surface area contributed by atoms with Gasteiger partial charge in [-0.2, -0.15) is 0 Å². The molecule has 0 saturated heterocycles. The summed E-state index contributed by atoms with van der Waals surface area (Å²) < 4.78 is 33.6. The van der Waals surface area contributed by atoms with E-state index in [0.29, 0.717) is 46.1 Å². The summed E-state index contributed by atoms with van der Waals surface area (Å²) >= 11 is 0. The quantitative estimate of drug-likeness (QED) is 0.347. The lowest BCUT2D eigenvalue weighted by atomic mass is 10.1. The van der Waals surface area contributed by atoms with E-state index in [0.717, 1.165) is 12.1 Å². The van der Waals surface area contributed by atoms with Crippen LogP contribution in [0.15, 0.2) is 42.5 Å². The van der Waals surface area contributed by atoms with Crippen molar-refractivity contribution in [3.8, 4) is 11.3 Å². The maximum Gasteiger partial charge on any atom is 0.411 e. The number of imidazole rings is 1. The third-order valence-electron chi connectivity index (χ3n) is 6.01. The Morgan fingerprint density at radius 3 is 2.55 bits per heavy atom. The number of nitrogens with zero attached hydrogens (tertiary/aromatic N) is 1. The zero-order chi connectivity index (χ0) is 27.4. The number of allylic oxidation sites excluding steroid dienone is 1. The van der Waals surface area contributed by atoms with Crippen molar-refractivity contribution in [2.24, 2.45) is 0 Å². The first-order chi connectivity index (χ1) is 18.2. The van der Waals surface area contributed by atoms with Crippen molar-refractivity contribution in [3.05, 3.63) is 76.8 Å². The Balaban J connectivity index is 1.73. The molecule has 3 amide bonds. The SMILES string of the molecule is COC(=O)Nc1ccc2c(c1)NC(=O)CC/C=C/C[C@H](NC(=O)c1c(F)cc(C)cc1F)c1nc-2c(C)[nH]1. The highest BCUT2D eigenvalue weighted by molar-refractivity contribution is 5.97. The van der Waals surface area contributed by atoms with Gasteiger partial charge < -0.3 is 20.4 Å². The van der Waals surface area contributed by atoms with Gasteiger partial charge in [0.2, 0.25) is 5.91 Å². The number of fused-ring (bicyclic) bond motifs is 4. The normalized spacial score (nSPS) is 16.1. The number of halogens is 2. The second-order valence-electron chi connectivity index (χ2n) is 8.90. The van der Waals surface area contributed by atoms with E-state index in [1.165, 1.54) is 14.0 Å². The molecule has 0 saturated carbocycles. The van der Waals surface area contributed by atoms with Gasteiger partial charge in [-0.25, -0.2) is 18.6 Å². The highest BCUT2D eigenvalue weighted by Gasteiger charge is 2.25. The van der Waals surface area contributed by atoms with Gasteiger partial charge >= 0.3 is 6.09 Å². The van der Waals surface area contributed by atoms with E-state index in [2.05, 4.69) is 30.7 Å². The second-order valence-corrected chi connectivity index (χ2v) is 8.90. The average molecular weight is 524 g/mol. The summed E-state index contributed by atoms with van der Waals surface area (Å²) in [6.45, 7) is 3.31. The number of carbonyl (C=O) groups excluding carboxylic acids is 3. The third kappa shape index (κ3) is 5.88. The van der Waals surface area contributed by atoms with Gasteiger partial charge in [0.25, 0.3) is 5.91 Å². The summed E-state index contributed by atoms with van der Waals surface area (Å²) in [6, 6.07) is 6.38. The number of H-pyrrole nitrogens is 1. The Hall–Kier alpha value is -4.54. The van der Waals surface area contributed by atoms with Crippen molar-refractivity contribution in [2.75, 3.05) is 17.7 Å². The van der Waals surface area contributed by atoms with Gasteiger partial charge in [0.15, 0.2) is 0 Å². The molecule has 38 heavy (non-hydrogen) atoms. The minimum absolute atomic E-state index is 0.186. The molecular weight excluding hydrogens is 496 g/mol. The van der Waals surface area contributed by atoms with Gasteiger partial charge in [0, 0.05) is 23.4 Å². The first-order valence-electron chi connectivity index (χ1n) is 11.9. The fourth-order valence-corrected chi connectivity index (χ4v) is 4.18. The molecule has 1 atom stereocenters. The summed E-state index contributed by atoms with van der Waals surface area (Å²) in [5.74, 6) is -2.68. The molecule has 4 N–H and O–H groups in total. The van der Waals surface area contributed by atoms with E-state index in [9.17, 15) is 23.2 Å².